The first-order valence-corrected chi connectivity index (χ1v) is 5.47. The number of nitrogens with two attached hydrogens (primary N) is 1. The van der Waals surface area contributed by atoms with E-state index in [9.17, 15) is 0 Å². The Morgan fingerprint density at radius 1 is 1.65 bits per heavy atom. The SMILES string of the molecule is COc1cc(C#N)cc(NC[C@@H]2CCO2)c1N. The number of hydrogen-bond donors (Lipinski definition) is 2. The van der Waals surface area contributed by atoms with Crippen molar-refractivity contribution in [1.82, 2.24) is 0 Å². The van der Waals surface area contributed by atoms with Gasteiger partial charge in [-0.05, 0) is 12.5 Å². The van der Waals surface area contributed by atoms with Crippen LogP contribution in [0.15, 0.2) is 12.1 Å². The Labute approximate surface area is 100 Å². The Bertz CT molecular complexity index is 450. The highest BCUT2D eigenvalue weighted by molar-refractivity contribution is 5.75. The number of anilines is 2. The van der Waals surface area contributed by atoms with Crippen molar-refractivity contribution in [2.24, 2.45) is 0 Å². The molecule has 1 aromatic carbocycles. The third-order valence-corrected chi connectivity index (χ3v) is 2.80. The molecule has 0 radical (unpaired) electrons. The fraction of sp³-hybridized carbons (Fsp3) is 0.417. The minimum Gasteiger partial charge on any atom is -0.494 e. The zero-order chi connectivity index (χ0) is 12.3. The van der Waals surface area contributed by atoms with E-state index in [1.54, 1.807) is 12.1 Å². The van der Waals surface area contributed by atoms with Gasteiger partial charge in [0, 0.05) is 19.2 Å². The summed E-state index contributed by atoms with van der Waals surface area (Å²) in [5.41, 5.74) is 7.68. The molecule has 1 atom stereocenters. The smallest absolute Gasteiger partial charge is 0.145 e. The molecule has 0 spiro atoms. The largest absolute Gasteiger partial charge is 0.494 e. The van der Waals surface area contributed by atoms with Crippen molar-refractivity contribution in [3.8, 4) is 11.8 Å². The van der Waals surface area contributed by atoms with E-state index in [2.05, 4.69) is 11.4 Å². The highest BCUT2D eigenvalue weighted by Gasteiger charge is 2.18. The molecule has 0 aromatic heterocycles. The number of methoxy groups -OCH3 is 1. The zero-order valence-corrected chi connectivity index (χ0v) is 9.69. The first-order chi connectivity index (χ1) is 8.24. The molecule has 1 saturated heterocycles. The van der Waals surface area contributed by atoms with Gasteiger partial charge in [0.2, 0.25) is 0 Å². The van der Waals surface area contributed by atoms with Gasteiger partial charge in [0.05, 0.1) is 36.2 Å². The molecule has 1 aliphatic rings. The molecule has 0 unspecified atom stereocenters. The average Bonchev–Trinajstić information content (AvgIpc) is 2.29. The third-order valence-electron chi connectivity index (χ3n) is 2.80. The second kappa shape index (κ2) is 4.93. The van der Waals surface area contributed by atoms with Crippen molar-refractivity contribution >= 4 is 11.4 Å². The van der Waals surface area contributed by atoms with Crippen molar-refractivity contribution in [2.45, 2.75) is 12.5 Å². The van der Waals surface area contributed by atoms with Crippen LogP contribution in [0, 0.1) is 11.3 Å². The molecule has 3 N–H and O–H groups in total. The van der Waals surface area contributed by atoms with Gasteiger partial charge in [-0.1, -0.05) is 0 Å². The summed E-state index contributed by atoms with van der Waals surface area (Å²) in [5.74, 6) is 0.515. The van der Waals surface area contributed by atoms with Gasteiger partial charge >= 0.3 is 0 Å². The Hall–Kier alpha value is -1.93. The van der Waals surface area contributed by atoms with Crippen LogP contribution >= 0.6 is 0 Å². The van der Waals surface area contributed by atoms with Crippen molar-refractivity contribution in [2.75, 3.05) is 31.3 Å². The summed E-state index contributed by atoms with van der Waals surface area (Å²) < 4.78 is 10.4. The number of nitrogens with zero attached hydrogens (tertiary/aromatic N) is 1. The summed E-state index contributed by atoms with van der Waals surface area (Å²) in [6.45, 7) is 1.52. The van der Waals surface area contributed by atoms with E-state index in [0.29, 0.717) is 23.5 Å². The highest BCUT2D eigenvalue weighted by Crippen LogP contribution is 2.31. The van der Waals surface area contributed by atoms with Gasteiger partial charge in [-0.2, -0.15) is 5.26 Å². The van der Waals surface area contributed by atoms with Crippen LogP contribution in [0.1, 0.15) is 12.0 Å². The number of nitrogens with one attached hydrogen (secondary N) is 1. The van der Waals surface area contributed by atoms with Crippen LogP contribution in [0.4, 0.5) is 11.4 Å². The van der Waals surface area contributed by atoms with Gasteiger partial charge in [0.15, 0.2) is 0 Å². The van der Waals surface area contributed by atoms with Crippen LogP contribution in [0.5, 0.6) is 5.75 Å². The van der Waals surface area contributed by atoms with Crippen LogP contribution in [-0.2, 0) is 4.74 Å². The summed E-state index contributed by atoms with van der Waals surface area (Å²) >= 11 is 0. The summed E-state index contributed by atoms with van der Waals surface area (Å²) in [4.78, 5) is 0. The lowest BCUT2D eigenvalue weighted by Crippen LogP contribution is -2.33. The van der Waals surface area contributed by atoms with E-state index >= 15 is 0 Å². The summed E-state index contributed by atoms with van der Waals surface area (Å²) in [6.07, 6.45) is 1.30. The fourth-order valence-electron chi connectivity index (χ4n) is 1.68. The minimum absolute atomic E-state index is 0.242. The van der Waals surface area contributed by atoms with Gasteiger partial charge in [-0.15, -0.1) is 0 Å². The lowest BCUT2D eigenvalue weighted by molar-refractivity contribution is -0.0410. The average molecular weight is 233 g/mol. The number of rotatable bonds is 4. The monoisotopic (exact) mass is 233 g/mol. The van der Waals surface area contributed by atoms with E-state index in [0.717, 1.165) is 18.7 Å². The standard InChI is InChI=1S/C12H15N3O2/c1-16-11-5-8(6-13)4-10(12(11)14)15-7-9-2-3-17-9/h4-5,9,15H,2-3,7,14H2,1H3/t9-/m0/s1. The third kappa shape index (κ3) is 2.43. The lowest BCUT2D eigenvalue weighted by atomic mass is 10.1. The van der Waals surface area contributed by atoms with E-state index in [4.69, 9.17) is 20.5 Å². The first-order valence-electron chi connectivity index (χ1n) is 5.47. The van der Waals surface area contributed by atoms with Crippen molar-refractivity contribution in [3.63, 3.8) is 0 Å². The number of ether oxygens (including phenoxy) is 2. The number of hydrogen-bond acceptors (Lipinski definition) is 5. The topological polar surface area (TPSA) is 80.3 Å². The van der Waals surface area contributed by atoms with Crippen LogP contribution < -0.4 is 15.8 Å². The first kappa shape index (κ1) is 11.6. The van der Waals surface area contributed by atoms with Crippen LogP contribution in [0.25, 0.3) is 0 Å². The molecule has 1 fully saturated rings. The molecule has 0 bridgehead atoms. The number of nitriles is 1. The molecule has 0 aliphatic carbocycles. The van der Waals surface area contributed by atoms with E-state index in [1.807, 2.05) is 0 Å². The molecule has 0 amide bonds. The molecule has 1 aromatic rings. The van der Waals surface area contributed by atoms with Crippen LogP contribution in [0.2, 0.25) is 0 Å². The Morgan fingerprint density at radius 3 is 2.94 bits per heavy atom. The molecule has 90 valence electrons. The van der Waals surface area contributed by atoms with Crippen molar-refractivity contribution in [3.05, 3.63) is 17.7 Å². The Balaban J connectivity index is 2.15. The second-order valence-electron chi connectivity index (χ2n) is 3.91. The summed E-state index contributed by atoms with van der Waals surface area (Å²) in [7, 11) is 1.53. The summed E-state index contributed by atoms with van der Waals surface area (Å²) in [6, 6.07) is 5.42. The molecular formula is C12H15N3O2. The maximum Gasteiger partial charge on any atom is 0.145 e. The predicted molar refractivity (Wildman–Crippen MR) is 65.0 cm³/mol. The second-order valence-corrected chi connectivity index (χ2v) is 3.91. The van der Waals surface area contributed by atoms with Gasteiger partial charge in [0.1, 0.15) is 5.75 Å². The predicted octanol–water partition coefficient (Wildman–Crippen LogP) is 1.35. The molecule has 2 rings (SSSR count). The number of nitrogen functional groups attached to an aromatic ring is 1. The van der Waals surface area contributed by atoms with Gasteiger partial charge < -0.3 is 20.5 Å². The van der Waals surface area contributed by atoms with Gasteiger partial charge in [-0.25, -0.2) is 0 Å². The maximum atomic E-state index is 8.91. The van der Waals surface area contributed by atoms with Crippen LogP contribution in [-0.4, -0.2) is 26.4 Å². The van der Waals surface area contributed by atoms with E-state index in [-0.39, 0.29) is 6.10 Å². The molecular weight excluding hydrogens is 218 g/mol. The molecule has 0 saturated carbocycles. The maximum absolute atomic E-state index is 8.91. The molecule has 1 aliphatic heterocycles. The highest BCUT2D eigenvalue weighted by atomic mass is 16.5. The minimum atomic E-state index is 0.242. The Kier molecular flexibility index (Phi) is 3.35. The van der Waals surface area contributed by atoms with Crippen molar-refractivity contribution < 1.29 is 9.47 Å². The molecule has 1 heterocycles. The van der Waals surface area contributed by atoms with Gasteiger partial charge in [0.25, 0.3) is 0 Å². The zero-order valence-electron chi connectivity index (χ0n) is 9.69. The normalized spacial score (nSPS) is 18.0. The number of benzene rings is 1. The van der Waals surface area contributed by atoms with Gasteiger partial charge in [-0.3, -0.25) is 0 Å². The molecule has 17 heavy (non-hydrogen) atoms. The fourth-order valence-corrected chi connectivity index (χ4v) is 1.68. The molecule has 5 nitrogen and oxygen atoms in total. The summed E-state index contributed by atoms with van der Waals surface area (Å²) in [5, 5.41) is 12.1. The van der Waals surface area contributed by atoms with E-state index < -0.39 is 0 Å². The quantitative estimate of drug-likeness (QED) is 0.767. The Morgan fingerprint density at radius 2 is 2.41 bits per heavy atom. The van der Waals surface area contributed by atoms with Crippen molar-refractivity contribution in [1.29, 1.82) is 5.26 Å². The lowest BCUT2D eigenvalue weighted by Gasteiger charge is -2.27. The van der Waals surface area contributed by atoms with Crippen LogP contribution in [0.3, 0.4) is 0 Å². The molecule has 5 heteroatoms. The van der Waals surface area contributed by atoms with E-state index in [1.165, 1.54) is 7.11 Å².